The van der Waals surface area contributed by atoms with Crippen LogP contribution in [0.5, 0.6) is 0 Å². The SMILES string of the molecule is CC(C)(C)c1cc(-c2cccc3cccc(-c4ccccc4N(c4ccc5c(c4)C(C)(c4ccccc4)c4ccccc4-5)c4ccc5c6ccccc6n(-c6ccccc6)c5c4)c23)cc(C(C)(C)C)c1. The molecule has 1 aliphatic rings. The Kier molecular flexibility index (Phi) is 10.1. The van der Waals surface area contributed by atoms with Gasteiger partial charge in [-0.3, -0.25) is 0 Å². The zero-order valence-electron chi connectivity index (χ0n) is 41.3. The summed E-state index contributed by atoms with van der Waals surface area (Å²) in [6, 6.07) is 84.0. The van der Waals surface area contributed by atoms with Gasteiger partial charge in [-0.05, 0) is 133 Å². The average Bonchev–Trinajstić information content (AvgIpc) is 3.85. The van der Waals surface area contributed by atoms with E-state index in [0.717, 1.165) is 28.3 Å². The molecule has 11 aromatic rings. The summed E-state index contributed by atoms with van der Waals surface area (Å²) in [6.45, 7) is 16.4. The first-order valence-electron chi connectivity index (χ1n) is 24.8. The van der Waals surface area contributed by atoms with Crippen LogP contribution in [0.1, 0.15) is 76.3 Å². The molecule has 0 saturated carbocycles. The highest BCUT2D eigenvalue weighted by molar-refractivity contribution is 6.12. The summed E-state index contributed by atoms with van der Waals surface area (Å²) in [4.78, 5) is 2.52. The van der Waals surface area contributed by atoms with Crippen molar-refractivity contribution < 1.29 is 0 Å². The van der Waals surface area contributed by atoms with Crippen LogP contribution in [-0.2, 0) is 16.2 Å². The summed E-state index contributed by atoms with van der Waals surface area (Å²) in [7, 11) is 0. The molecule has 2 nitrogen and oxygen atoms in total. The number of para-hydroxylation sites is 3. The Hall–Kier alpha value is -7.94. The lowest BCUT2D eigenvalue weighted by Gasteiger charge is -2.32. The fraction of sp³-hybridized carbons (Fsp3) is 0.147. The van der Waals surface area contributed by atoms with Gasteiger partial charge in [0.1, 0.15) is 0 Å². The minimum atomic E-state index is -0.365. The van der Waals surface area contributed by atoms with Gasteiger partial charge in [0.05, 0.1) is 16.7 Å². The predicted molar refractivity (Wildman–Crippen MR) is 299 cm³/mol. The molecule has 2 heteroatoms. The molecule has 1 unspecified atom stereocenters. The van der Waals surface area contributed by atoms with Gasteiger partial charge in [0.25, 0.3) is 0 Å². The lowest BCUT2D eigenvalue weighted by atomic mass is 9.74. The summed E-state index contributed by atoms with van der Waals surface area (Å²) >= 11 is 0. The van der Waals surface area contributed by atoms with Crippen molar-refractivity contribution in [3.63, 3.8) is 0 Å². The fourth-order valence-electron chi connectivity index (χ4n) is 11.4. The van der Waals surface area contributed by atoms with Gasteiger partial charge in [0.15, 0.2) is 0 Å². The molecule has 12 rings (SSSR count). The second-order valence-electron chi connectivity index (χ2n) is 21.5. The Labute approximate surface area is 413 Å². The van der Waals surface area contributed by atoms with Gasteiger partial charge in [-0.25, -0.2) is 0 Å². The second-order valence-corrected chi connectivity index (χ2v) is 21.5. The van der Waals surface area contributed by atoms with E-state index < -0.39 is 0 Å². The lowest BCUT2D eigenvalue weighted by Crippen LogP contribution is -2.23. The van der Waals surface area contributed by atoms with Crippen molar-refractivity contribution in [2.45, 2.75) is 64.7 Å². The number of fused-ring (bicyclic) bond motifs is 7. The molecule has 1 heterocycles. The molecular weight excluding hydrogens is 845 g/mol. The summed E-state index contributed by atoms with van der Waals surface area (Å²) in [5.74, 6) is 0. The van der Waals surface area contributed by atoms with Gasteiger partial charge in [-0.1, -0.05) is 217 Å². The number of aromatic nitrogens is 1. The molecule has 70 heavy (non-hydrogen) atoms. The molecule has 0 saturated heterocycles. The van der Waals surface area contributed by atoms with E-state index in [4.69, 9.17) is 0 Å². The quantitative estimate of drug-likeness (QED) is 0.155. The number of anilines is 3. The van der Waals surface area contributed by atoms with E-state index in [2.05, 4.69) is 282 Å². The van der Waals surface area contributed by atoms with Crippen LogP contribution < -0.4 is 4.90 Å². The van der Waals surface area contributed by atoms with E-state index in [1.807, 2.05) is 0 Å². The zero-order valence-corrected chi connectivity index (χ0v) is 41.3. The first-order chi connectivity index (χ1) is 33.9. The standard InChI is InChI=1S/C68H58N2/c1-66(2,3)48-40-46(41-49(42-48)67(4,5)6)53-31-20-22-45-23-21-32-59(65(45)53)57-30-16-18-34-62(57)69(52-37-39-58-56-29-15-19-35-63(56)70(64(58)44-52)50-26-12-9-13-27-50)51-36-38-55-54-28-14-17-33-60(54)68(7,61(55)43-51)47-24-10-8-11-25-47/h8-44H,1-7H3. The summed E-state index contributed by atoms with van der Waals surface area (Å²) < 4.78 is 2.43. The Bertz CT molecular complexity index is 3770. The summed E-state index contributed by atoms with van der Waals surface area (Å²) in [5.41, 5.74) is 20.5. The van der Waals surface area contributed by atoms with E-state index in [0.29, 0.717) is 0 Å². The first-order valence-corrected chi connectivity index (χ1v) is 24.8. The largest absolute Gasteiger partial charge is 0.310 e. The number of nitrogens with zero attached hydrogens (tertiary/aromatic N) is 2. The van der Waals surface area contributed by atoms with Crippen molar-refractivity contribution >= 4 is 49.6 Å². The highest BCUT2D eigenvalue weighted by Crippen LogP contribution is 2.55. The van der Waals surface area contributed by atoms with Crippen LogP contribution in [0.3, 0.4) is 0 Å². The third kappa shape index (κ3) is 6.99. The van der Waals surface area contributed by atoms with Gasteiger partial charge in [-0.2, -0.15) is 0 Å². The minimum Gasteiger partial charge on any atom is -0.310 e. The van der Waals surface area contributed by atoms with Crippen LogP contribution in [0.4, 0.5) is 17.1 Å². The fourth-order valence-corrected chi connectivity index (χ4v) is 11.4. The maximum absolute atomic E-state index is 2.52. The molecule has 0 fully saturated rings. The zero-order chi connectivity index (χ0) is 47.9. The van der Waals surface area contributed by atoms with Crippen LogP contribution in [0.15, 0.2) is 224 Å². The second kappa shape index (κ2) is 16.4. The lowest BCUT2D eigenvalue weighted by molar-refractivity contribution is 0.569. The van der Waals surface area contributed by atoms with Crippen molar-refractivity contribution in [2.24, 2.45) is 0 Å². The number of hydrogen-bond acceptors (Lipinski definition) is 1. The molecule has 0 spiro atoms. The van der Waals surface area contributed by atoms with E-state index in [9.17, 15) is 0 Å². The topological polar surface area (TPSA) is 8.17 Å². The molecule has 0 N–H and O–H groups in total. The summed E-state index contributed by atoms with van der Waals surface area (Å²) in [5, 5.41) is 4.94. The number of rotatable bonds is 7. The van der Waals surface area contributed by atoms with E-state index in [1.54, 1.807) is 0 Å². The Morgan fingerprint density at radius 1 is 0.400 bits per heavy atom. The Morgan fingerprint density at radius 2 is 0.957 bits per heavy atom. The maximum atomic E-state index is 2.52. The Balaban J connectivity index is 1.14. The third-order valence-electron chi connectivity index (χ3n) is 15.2. The van der Waals surface area contributed by atoms with Crippen molar-refractivity contribution in [3.05, 3.63) is 252 Å². The van der Waals surface area contributed by atoms with Crippen molar-refractivity contribution in [1.82, 2.24) is 4.57 Å². The molecule has 1 aromatic heterocycles. The third-order valence-corrected chi connectivity index (χ3v) is 15.2. The van der Waals surface area contributed by atoms with Crippen LogP contribution >= 0.6 is 0 Å². The van der Waals surface area contributed by atoms with E-state index >= 15 is 0 Å². The van der Waals surface area contributed by atoms with Crippen LogP contribution in [0, 0.1) is 0 Å². The van der Waals surface area contributed by atoms with Crippen LogP contribution in [-0.4, -0.2) is 4.57 Å². The van der Waals surface area contributed by atoms with Gasteiger partial charge in [0, 0.05) is 38.8 Å². The van der Waals surface area contributed by atoms with Gasteiger partial charge < -0.3 is 9.47 Å². The predicted octanol–water partition coefficient (Wildman–Crippen LogP) is 18.7. The maximum Gasteiger partial charge on any atom is 0.0561 e. The number of hydrogen-bond donors (Lipinski definition) is 0. The minimum absolute atomic E-state index is 0.0162. The smallest absolute Gasteiger partial charge is 0.0561 e. The molecule has 10 aromatic carbocycles. The van der Waals surface area contributed by atoms with Crippen molar-refractivity contribution in [3.8, 4) is 39.1 Å². The molecule has 0 bridgehead atoms. The molecule has 0 aliphatic heterocycles. The molecular formula is C68H58N2. The molecule has 0 radical (unpaired) electrons. The summed E-state index contributed by atoms with van der Waals surface area (Å²) in [6.07, 6.45) is 0. The van der Waals surface area contributed by atoms with Crippen LogP contribution in [0.25, 0.3) is 71.6 Å². The monoisotopic (exact) mass is 902 g/mol. The first kappa shape index (κ1) is 43.3. The number of benzene rings is 10. The molecule has 340 valence electrons. The van der Waals surface area contributed by atoms with Crippen LogP contribution in [0.2, 0.25) is 0 Å². The van der Waals surface area contributed by atoms with Gasteiger partial charge in [-0.15, -0.1) is 0 Å². The highest BCUT2D eigenvalue weighted by Gasteiger charge is 2.41. The van der Waals surface area contributed by atoms with Crippen molar-refractivity contribution in [2.75, 3.05) is 4.90 Å². The normalized spacial score (nSPS) is 14.6. The van der Waals surface area contributed by atoms with Gasteiger partial charge >= 0.3 is 0 Å². The van der Waals surface area contributed by atoms with E-state index in [-0.39, 0.29) is 16.2 Å². The highest BCUT2D eigenvalue weighted by atomic mass is 15.1. The van der Waals surface area contributed by atoms with Crippen molar-refractivity contribution in [1.29, 1.82) is 0 Å². The molecule has 1 aliphatic carbocycles. The molecule has 1 atom stereocenters. The van der Waals surface area contributed by atoms with Gasteiger partial charge in [0.2, 0.25) is 0 Å². The molecule has 0 amide bonds. The average molecular weight is 903 g/mol. The Morgan fingerprint density at radius 3 is 1.69 bits per heavy atom. The van der Waals surface area contributed by atoms with E-state index in [1.165, 1.54) is 88.3 Å².